The lowest BCUT2D eigenvalue weighted by molar-refractivity contribution is 0.0207. The molecule has 2 aliphatic rings. The number of hydrogen-bond donors (Lipinski definition) is 3. The number of carbonyl (C=O) groups excluding carboxylic acids is 2. The van der Waals surface area contributed by atoms with Gasteiger partial charge in [0.15, 0.2) is 12.4 Å². The Morgan fingerprint density at radius 1 is 1.27 bits per heavy atom. The third-order valence-corrected chi connectivity index (χ3v) is 6.18. The smallest absolute Gasteiger partial charge is 0.409 e. The van der Waals surface area contributed by atoms with E-state index in [-0.39, 0.29) is 31.0 Å². The van der Waals surface area contributed by atoms with E-state index in [0.29, 0.717) is 24.4 Å². The number of likely N-dealkylation sites (tertiary alicyclic amines) is 1. The molecule has 0 radical (unpaired) electrons. The van der Waals surface area contributed by atoms with Gasteiger partial charge in [-0.2, -0.15) is 5.10 Å². The molecule has 0 atom stereocenters. The average molecular weight is 463 g/mol. The summed E-state index contributed by atoms with van der Waals surface area (Å²) >= 11 is 0. The number of pyridine rings is 1. The van der Waals surface area contributed by atoms with E-state index in [4.69, 9.17) is 11.5 Å². The van der Waals surface area contributed by atoms with Gasteiger partial charge in [-0.1, -0.05) is 0 Å². The number of alkyl halides is 2. The van der Waals surface area contributed by atoms with Gasteiger partial charge in [0.25, 0.3) is 12.3 Å². The molecule has 0 bridgehead atoms. The highest BCUT2D eigenvalue weighted by molar-refractivity contribution is 5.98. The van der Waals surface area contributed by atoms with Gasteiger partial charge in [0, 0.05) is 37.4 Å². The van der Waals surface area contributed by atoms with E-state index in [1.807, 2.05) is 12.1 Å². The summed E-state index contributed by atoms with van der Waals surface area (Å²) in [5, 5.41) is 7.66. The number of nitrogens with one attached hydrogen (secondary N) is 1. The molecule has 0 aromatic carbocycles. The van der Waals surface area contributed by atoms with Gasteiger partial charge >= 0.3 is 6.09 Å². The van der Waals surface area contributed by atoms with Crippen LogP contribution in [0.2, 0.25) is 0 Å². The number of anilines is 2. The number of carbonyl (C=O) groups is 2. The first-order chi connectivity index (χ1) is 15.8. The monoisotopic (exact) mass is 463 g/mol. The summed E-state index contributed by atoms with van der Waals surface area (Å²) in [6, 6.07) is 3.83. The van der Waals surface area contributed by atoms with Crippen molar-refractivity contribution in [3.63, 3.8) is 0 Å². The summed E-state index contributed by atoms with van der Waals surface area (Å²) in [7, 11) is 0. The summed E-state index contributed by atoms with van der Waals surface area (Å²) in [4.78, 5) is 29.9. The fourth-order valence-electron chi connectivity index (χ4n) is 3.98. The standard InChI is InChI=1S/C21H27F2N7O3/c22-17(23)11-33-20(32)29-7-5-21(12-24,6-8-29)30-10-15(18(25)31)19(28-30)27-14-3-4-16(26-9-14)13-1-2-13/h3-4,9-10,13,17H,1-2,5-8,11-12,24H2,(H2,25,31)(H,27,28). The molecule has 10 nitrogen and oxygen atoms in total. The van der Waals surface area contributed by atoms with Crippen LogP contribution in [0.1, 0.15) is 47.7 Å². The van der Waals surface area contributed by atoms with Crippen LogP contribution in [0.4, 0.5) is 25.1 Å². The first kappa shape index (κ1) is 22.9. The molecule has 1 aliphatic heterocycles. The van der Waals surface area contributed by atoms with E-state index in [2.05, 4.69) is 20.1 Å². The Balaban J connectivity index is 1.49. The summed E-state index contributed by atoms with van der Waals surface area (Å²) in [5.74, 6) is 0.170. The van der Waals surface area contributed by atoms with Crippen LogP contribution in [-0.4, -0.2) is 64.3 Å². The maximum Gasteiger partial charge on any atom is 0.409 e. The topological polar surface area (TPSA) is 141 Å². The van der Waals surface area contributed by atoms with Gasteiger partial charge in [-0.25, -0.2) is 13.6 Å². The fourth-order valence-corrected chi connectivity index (χ4v) is 3.98. The maximum atomic E-state index is 12.3. The highest BCUT2D eigenvalue weighted by atomic mass is 19.3. The Morgan fingerprint density at radius 3 is 2.55 bits per heavy atom. The van der Waals surface area contributed by atoms with Gasteiger partial charge in [-0.05, 0) is 37.8 Å². The van der Waals surface area contributed by atoms with Crippen molar-refractivity contribution in [1.29, 1.82) is 0 Å². The molecule has 5 N–H and O–H groups in total. The van der Waals surface area contributed by atoms with Crippen LogP contribution in [0.25, 0.3) is 0 Å². The zero-order valence-corrected chi connectivity index (χ0v) is 18.0. The van der Waals surface area contributed by atoms with Crippen LogP contribution in [0.3, 0.4) is 0 Å². The van der Waals surface area contributed by atoms with Gasteiger partial charge in [0.05, 0.1) is 17.4 Å². The van der Waals surface area contributed by atoms with Gasteiger partial charge in [-0.15, -0.1) is 0 Å². The number of piperidine rings is 1. The maximum absolute atomic E-state index is 12.3. The van der Waals surface area contributed by atoms with Crippen LogP contribution in [0, 0.1) is 0 Å². The van der Waals surface area contributed by atoms with E-state index in [0.717, 1.165) is 18.5 Å². The summed E-state index contributed by atoms with van der Waals surface area (Å²) in [6.45, 7) is -0.241. The van der Waals surface area contributed by atoms with E-state index in [1.165, 1.54) is 4.90 Å². The number of rotatable bonds is 8. The first-order valence-corrected chi connectivity index (χ1v) is 10.8. The largest absolute Gasteiger partial charge is 0.443 e. The number of nitrogens with zero attached hydrogens (tertiary/aromatic N) is 4. The van der Waals surface area contributed by atoms with Crippen LogP contribution in [-0.2, 0) is 10.3 Å². The Hall–Kier alpha value is -3.28. The summed E-state index contributed by atoms with van der Waals surface area (Å²) in [6.07, 6.45) is 2.85. The minimum absolute atomic E-state index is 0.198. The lowest BCUT2D eigenvalue weighted by Crippen LogP contribution is -2.52. The molecule has 12 heteroatoms. The van der Waals surface area contributed by atoms with Crippen LogP contribution in [0.5, 0.6) is 0 Å². The third-order valence-electron chi connectivity index (χ3n) is 6.18. The molecule has 4 rings (SSSR count). The number of aromatic nitrogens is 3. The number of nitrogens with two attached hydrogens (primary N) is 2. The number of hydrogen-bond acceptors (Lipinski definition) is 7. The molecule has 2 amide bonds. The van der Waals surface area contributed by atoms with Crippen molar-refractivity contribution >= 4 is 23.5 Å². The van der Waals surface area contributed by atoms with E-state index >= 15 is 0 Å². The van der Waals surface area contributed by atoms with Gasteiger partial charge in [0.2, 0.25) is 0 Å². The molecule has 2 fully saturated rings. The van der Waals surface area contributed by atoms with Crippen molar-refractivity contribution in [3.05, 3.63) is 35.8 Å². The molecule has 1 saturated heterocycles. The molecular weight excluding hydrogens is 436 g/mol. The van der Waals surface area contributed by atoms with E-state index in [9.17, 15) is 18.4 Å². The normalized spacial score (nSPS) is 17.8. The molecule has 2 aromatic rings. The Morgan fingerprint density at radius 2 is 2.00 bits per heavy atom. The Bertz CT molecular complexity index is 1000. The average Bonchev–Trinajstić information content (AvgIpc) is 3.57. The molecule has 3 heterocycles. The zero-order chi connectivity index (χ0) is 23.6. The molecule has 2 aromatic heterocycles. The second-order valence-electron chi connectivity index (χ2n) is 8.45. The van der Waals surface area contributed by atoms with Crippen molar-refractivity contribution < 1.29 is 23.1 Å². The SMILES string of the molecule is NCC1(n2cc(C(N)=O)c(Nc3ccc(C4CC4)nc3)n2)CCN(C(=O)OCC(F)F)CC1. The first-order valence-electron chi connectivity index (χ1n) is 10.8. The van der Waals surface area contributed by atoms with E-state index < -0.39 is 30.6 Å². The number of halogens is 2. The minimum atomic E-state index is -2.72. The highest BCUT2D eigenvalue weighted by Crippen LogP contribution is 2.39. The zero-order valence-electron chi connectivity index (χ0n) is 18.0. The number of ether oxygens (including phenoxy) is 1. The van der Waals surface area contributed by atoms with Crippen molar-refractivity contribution in [2.75, 3.05) is 31.6 Å². The molecular formula is C21H27F2N7O3. The number of amides is 2. The lowest BCUT2D eigenvalue weighted by atomic mass is 9.88. The predicted molar refractivity (Wildman–Crippen MR) is 115 cm³/mol. The fraction of sp³-hybridized carbons (Fsp3) is 0.524. The number of primary amides is 1. The van der Waals surface area contributed by atoms with Crippen LogP contribution in [0.15, 0.2) is 24.5 Å². The summed E-state index contributed by atoms with van der Waals surface area (Å²) < 4.78 is 30.8. The molecule has 33 heavy (non-hydrogen) atoms. The third kappa shape index (κ3) is 5.05. The van der Waals surface area contributed by atoms with Gasteiger partial charge < -0.3 is 26.4 Å². The molecule has 0 spiro atoms. The highest BCUT2D eigenvalue weighted by Gasteiger charge is 2.39. The van der Waals surface area contributed by atoms with Crippen molar-refractivity contribution in [2.24, 2.45) is 11.5 Å². The van der Waals surface area contributed by atoms with Crippen LogP contribution < -0.4 is 16.8 Å². The predicted octanol–water partition coefficient (Wildman–Crippen LogP) is 2.15. The second kappa shape index (κ2) is 9.30. The van der Waals surface area contributed by atoms with Crippen molar-refractivity contribution in [2.45, 2.75) is 43.6 Å². The Kier molecular flexibility index (Phi) is 6.45. The summed E-state index contributed by atoms with van der Waals surface area (Å²) in [5.41, 5.74) is 12.9. The second-order valence-corrected chi connectivity index (χ2v) is 8.45. The molecule has 178 valence electrons. The van der Waals surface area contributed by atoms with E-state index in [1.54, 1.807) is 17.1 Å². The van der Waals surface area contributed by atoms with Crippen LogP contribution >= 0.6 is 0 Å². The van der Waals surface area contributed by atoms with Crippen molar-refractivity contribution in [1.82, 2.24) is 19.7 Å². The van der Waals surface area contributed by atoms with Gasteiger partial charge in [-0.3, -0.25) is 14.5 Å². The quantitative estimate of drug-likeness (QED) is 0.545. The molecule has 0 unspecified atom stereocenters. The molecule has 1 aliphatic carbocycles. The minimum Gasteiger partial charge on any atom is -0.443 e. The van der Waals surface area contributed by atoms with Gasteiger partial charge in [0.1, 0.15) is 5.56 Å². The van der Waals surface area contributed by atoms with Crippen molar-refractivity contribution in [3.8, 4) is 0 Å². The lowest BCUT2D eigenvalue weighted by Gasteiger charge is -2.40. The Labute approximate surface area is 189 Å². The molecule has 1 saturated carbocycles.